The van der Waals surface area contributed by atoms with Crippen LogP contribution in [0.2, 0.25) is 0 Å². The minimum Gasteiger partial charge on any atom is -0.511 e. The lowest BCUT2D eigenvalue weighted by Crippen LogP contribution is -2.34. The van der Waals surface area contributed by atoms with Crippen molar-refractivity contribution >= 4 is 5.78 Å². The highest BCUT2D eigenvalue weighted by molar-refractivity contribution is 5.97. The molecule has 2 nitrogen and oxygen atoms in total. The van der Waals surface area contributed by atoms with E-state index in [9.17, 15) is 36.2 Å². The molecule has 0 aromatic rings. The van der Waals surface area contributed by atoms with Crippen molar-refractivity contribution in [3.05, 3.63) is 11.3 Å². The number of alkyl halides is 6. The van der Waals surface area contributed by atoms with Gasteiger partial charge in [0.05, 0.1) is 12.8 Å². The first-order valence-corrected chi connectivity index (χ1v) is 8.54. The van der Waals surface area contributed by atoms with Crippen LogP contribution >= 0.6 is 0 Å². The summed E-state index contributed by atoms with van der Waals surface area (Å²) in [6.07, 6.45) is -11.0. The first-order chi connectivity index (χ1) is 11.5. The predicted octanol–water partition coefficient (Wildman–Crippen LogP) is 6.52. The molecule has 0 atom stereocenters. The smallest absolute Gasteiger partial charge is 0.390 e. The summed E-state index contributed by atoms with van der Waals surface area (Å²) in [5, 5.41) is 10.2. The Kier molecular flexibility index (Phi) is 6.52. The van der Waals surface area contributed by atoms with Crippen molar-refractivity contribution in [3.63, 3.8) is 0 Å². The summed E-state index contributed by atoms with van der Waals surface area (Å²) in [5.74, 6) is -2.15. The molecular weight excluding hydrogens is 362 g/mol. The van der Waals surface area contributed by atoms with Crippen LogP contribution in [0.3, 0.4) is 0 Å². The summed E-state index contributed by atoms with van der Waals surface area (Å²) in [6, 6.07) is 0. The third kappa shape index (κ3) is 6.50. The van der Waals surface area contributed by atoms with Crippen molar-refractivity contribution in [3.8, 4) is 0 Å². The van der Waals surface area contributed by atoms with Gasteiger partial charge in [0.2, 0.25) is 0 Å². The van der Waals surface area contributed by atoms with Crippen molar-refractivity contribution < 1.29 is 36.2 Å². The molecule has 0 aliphatic heterocycles. The molecule has 1 saturated carbocycles. The highest BCUT2D eigenvalue weighted by Gasteiger charge is 2.49. The molecule has 0 saturated heterocycles. The Morgan fingerprint density at radius 3 is 1.73 bits per heavy atom. The minimum absolute atomic E-state index is 0.0531. The fourth-order valence-electron chi connectivity index (χ4n) is 3.65. The molecule has 8 heteroatoms. The van der Waals surface area contributed by atoms with Crippen LogP contribution < -0.4 is 0 Å². The number of carbonyl (C=O) groups excluding carboxylic acids is 1. The van der Waals surface area contributed by atoms with Crippen LogP contribution in [0.1, 0.15) is 66.2 Å². The summed E-state index contributed by atoms with van der Waals surface area (Å²) in [6.45, 7) is 5.89. The second-order valence-corrected chi connectivity index (χ2v) is 8.42. The first kappa shape index (κ1) is 22.8. The number of allylic oxidation sites excluding steroid dienone is 2. The van der Waals surface area contributed by atoms with Gasteiger partial charge < -0.3 is 5.11 Å². The number of rotatable bonds is 5. The summed E-state index contributed by atoms with van der Waals surface area (Å²) >= 11 is 0. The number of halogens is 6. The van der Waals surface area contributed by atoms with Crippen molar-refractivity contribution in [1.82, 2.24) is 0 Å². The maximum Gasteiger partial charge on any atom is 0.390 e. The highest BCUT2D eigenvalue weighted by atomic mass is 19.4. The van der Waals surface area contributed by atoms with E-state index in [0.29, 0.717) is 19.8 Å². The number of Topliss-reactive ketones (excluding diaryl/α,β-unsaturated/α-hetero) is 1. The molecule has 0 unspecified atom stereocenters. The zero-order chi connectivity index (χ0) is 20.6. The molecule has 0 amide bonds. The Labute approximate surface area is 149 Å². The zero-order valence-corrected chi connectivity index (χ0v) is 15.4. The van der Waals surface area contributed by atoms with Crippen molar-refractivity contribution in [1.29, 1.82) is 0 Å². The third-order valence-corrected chi connectivity index (χ3v) is 5.19. The Balaban J connectivity index is 3.13. The van der Waals surface area contributed by atoms with Gasteiger partial charge in [0.25, 0.3) is 0 Å². The van der Waals surface area contributed by atoms with Crippen LogP contribution in [0.15, 0.2) is 11.3 Å². The quantitative estimate of drug-likeness (QED) is 0.331. The number of hydrogen-bond donors (Lipinski definition) is 1. The van der Waals surface area contributed by atoms with E-state index in [1.54, 1.807) is 0 Å². The van der Waals surface area contributed by atoms with Crippen LogP contribution in [-0.2, 0) is 4.79 Å². The van der Waals surface area contributed by atoms with Crippen LogP contribution in [0.5, 0.6) is 0 Å². The second-order valence-electron chi connectivity index (χ2n) is 8.42. The molecule has 1 fully saturated rings. The van der Waals surface area contributed by atoms with Crippen LogP contribution in [-0.4, -0.2) is 23.2 Å². The van der Waals surface area contributed by atoms with E-state index in [0.717, 1.165) is 19.8 Å². The summed E-state index contributed by atoms with van der Waals surface area (Å²) in [4.78, 5) is 12.5. The molecule has 0 bridgehead atoms. The lowest BCUT2D eigenvalue weighted by molar-refractivity contribution is -0.190. The average Bonchev–Trinajstić information content (AvgIpc) is 2.40. The lowest BCUT2D eigenvalue weighted by atomic mass is 9.70. The van der Waals surface area contributed by atoms with Gasteiger partial charge in [0.1, 0.15) is 5.76 Å². The summed E-state index contributed by atoms with van der Waals surface area (Å²) < 4.78 is 76.8. The SMILES string of the molecule is CC(C(=O)C1CCC(C)(C)CC1)=C(O)C(C)(CC(F)(F)F)CC(F)(F)F. The Morgan fingerprint density at radius 2 is 1.38 bits per heavy atom. The fourth-order valence-corrected chi connectivity index (χ4v) is 3.65. The molecule has 0 spiro atoms. The van der Waals surface area contributed by atoms with E-state index in [-0.39, 0.29) is 5.41 Å². The number of carbonyl (C=O) groups is 1. The fraction of sp³-hybridized carbons (Fsp3) is 0.833. The molecule has 1 rings (SSSR count). The molecule has 0 radical (unpaired) electrons. The van der Waals surface area contributed by atoms with Crippen LogP contribution in [0, 0.1) is 16.7 Å². The molecule has 0 aromatic heterocycles. The van der Waals surface area contributed by atoms with E-state index in [1.165, 1.54) is 0 Å². The summed E-state index contributed by atoms with van der Waals surface area (Å²) in [7, 11) is 0. The highest BCUT2D eigenvalue weighted by Crippen LogP contribution is 2.47. The molecular formula is C18H26F6O2. The zero-order valence-electron chi connectivity index (χ0n) is 15.4. The molecule has 0 aromatic carbocycles. The van der Waals surface area contributed by atoms with Gasteiger partial charge in [-0.3, -0.25) is 4.79 Å². The monoisotopic (exact) mass is 388 g/mol. The van der Waals surface area contributed by atoms with Gasteiger partial charge in [0.15, 0.2) is 5.78 Å². The van der Waals surface area contributed by atoms with Crippen LogP contribution in [0.25, 0.3) is 0 Å². The van der Waals surface area contributed by atoms with Crippen molar-refractivity contribution in [2.75, 3.05) is 0 Å². The third-order valence-electron chi connectivity index (χ3n) is 5.19. The van der Waals surface area contributed by atoms with E-state index in [2.05, 4.69) is 0 Å². The summed E-state index contributed by atoms with van der Waals surface area (Å²) in [5.41, 5.74) is -2.97. The minimum atomic E-state index is -4.91. The van der Waals surface area contributed by atoms with Gasteiger partial charge in [-0.2, -0.15) is 26.3 Å². The molecule has 1 aliphatic carbocycles. The topological polar surface area (TPSA) is 37.3 Å². The second kappa shape index (κ2) is 7.43. The van der Waals surface area contributed by atoms with Crippen molar-refractivity contribution in [2.24, 2.45) is 16.7 Å². The molecule has 152 valence electrons. The Hall–Kier alpha value is -1.21. The predicted molar refractivity (Wildman–Crippen MR) is 85.5 cm³/mol. The molecule has 1 aliphatic rings. The molecule has 0 heterocycles. The Morgan fingerprint density at radius 1 is 1.00 bits per heavy atom. The number of hydrogen-bond acceptors (Lipinski definition) is 2. The average molecular weight is 388 g/mol. The lowest BCUT2D eigenvalue weighted by Gasteiger charge is -2.35. The van der Waals surface area contributed by atoms with Gasteiger partial charge in [0, 0.05) is 16.9 Å². The van der Waals surface area contributed by atoms with Gasteiger partial charge >= 0.3 is 12.4 Å². The Bertz CT molecular complexity index is 531. The van der Waals surface area contributed by atoms with Crippen LogP contribution in [0.4, 0.5) is 26.3 Å². The maximum atomic E-state index is 12.8. The van der Waals surface area contributed by atoms with Crippen molar-refractivity contribution in [2.45, 2.75) is 78.6 Å². The van der Waals surface area contributed by atoms with Gasteiger partial charge in [-0.25, -0.2) is 0 Å². The largest absolute Gasteiger partial charge is 0.511 e. The van der Waals surface area contributed by atoms with E-state index < -0.39 is 53.6 Å². The standard InChI is InChI=1S/C18H26F6O2/c1-11(13(25)12-5-7-15(2,3)8-6-12)14(26)16(4,9-17(19,20)21)10-18(22,23)24/h12,26H,5-10H2,1-4H3. The maximum absolute atomic E-state index is 12.8. The van der Waals surface area contributed by atoms with E-state index >= 15 is 0 Å². The molecule has 26 heavy (non-hydrogen) atoms. The first-order valence-electron chi connectivity index (χ1n) is 8.54. The number of aliphatic hydroxyl groups is 1. The van der Waals surface area contributed by atoms with Gasteiger partial charge in [-0.15, -0.1) is 0 Å². The normalized spacial score (nSPS) is 20.7. The van der Waals surface area contributed by atoms with Gasteiger partial charge in [-0.05, 0) is 38.0 Å². The van der Waals surface area contributed by atoms with E-state index in [4.69, 9.17) is 0 Å². The number of ketones is 1. The van der Waals surface area contributed by atoms with E-state index in [1.807, 2.05) is 13.8 Å². The molecule has 1 N–H and O–H groups in total. The van der Waals surface area contributed by atoms with Gasteiger partial charge in [-0.1, -0.05) is 20.8 Å². The number of aliphatic hydroxyl groups excluding tert-OH is 1.